The van der Waals surface area contributed by atoms with Gasteiger partial charge in [-0.05, 0) is 18.6 Å². The van der Waals surface area contributed by atoms with Gasteiger partial charge in [-0.3, -0.25) is 0 Å². The van der Waals surface area contributed by atoms with E-state index in [1.165, 1.54) is 25.3 Å². The molecule has 0 spiro atoms. The van der Waals surface area contributed by atoms with Gasteiger partial charge in [-0.2, -0.15) is 0 Å². The fraction of sp³-hybridized carbons (Fsp3) is 0.500. The number of rotatable bonds is 6. The van der Waals surface area contributed by atoms with Crippen LogP contribution in [0.1, 0.15) is 43.8 Å². The van der Waals surface area contributed by atoms with Crippen LogP contribution in [-0.2, 0) is 21.3 Å². The van der Waals surface area contributed by atoms with Crippen molar-refractivity contribution in [2.45, 2.75) is 70.0 Å². The van der Waals surface area contributed by atoms with Gasteiger partial charge in [0.05, 0.1) is 18.5 Å². The van der Waals surface area contributed by atoms with Gasteiger partial charge in [-0.15, -0.1) is 5.10 Å². The van der Waals surface area contributed by atoms with Crippen molar-refractivity contribution >= 4 is 6.09 Å². The fourth-order valence-corrected chi connectivity index (χ4v) is 4.27. The molecule has 5 atom stereocenters. The summed E-state index contributed by atoms with van der Waals surface area (Å²) >= 11 is 0. The Morgan fingerprint density at radius 3 is 2.59 bits per heavy atom. The van der Waals surface area contributed by atoms with Crippen LogP contribution in [0.4, 0.5) is 13.6 Å². The summed E-state index contributed by atoms with van der Waals surface area (Å²) < 4.78 is 46.5. The Hall–Kier alpha value is -3.42. The highest BCUT2D eigenvalue weighted by atomic mass is 19.2. The summed E-state index contributed by atoms with van der Waals surface area (Å²) in [5.41, 5.74) is 5.69. The van der Waals surface area contributed by atoms with E-state index in [4.69, 9.17) is 19.7 Å². The number of nitrogens with zero attached hydrogens (tertiary/aromatic N) is 4. The van der Waals surface area contributed by atoms with Gasteiger partial charge >= 0.3 is 6.09 Å². The second-order valence-electron chi connectivity index (χ2n) is 10.1. The first-order chi connectivity index (χ1) is 17.4. The van der Waals surface area contributed by atoms with Gasteiger partial charge < -0.3 is 29.9 Å². The van der Waals surface area contributed by atoms with E-state index in [9.17, 15) is 23.8 Å². The second-order valence-corrected chi connectivity index (χ2v) is 10.1. The van der Waals surface area contributed by atoms with Crippen molar-refractivity contribution < 1.29 is 37.8 Å². The van der Waals surface area contributed by atoms with E-state index in [0.29, 0.717) is 11.5 Å². The van der Waals surface area contributed by atoms with Crippen LogP contribution in [-0.4, -0.2) is 67.5 Å². The zero-order chi connectivity index (χ0) is 27.1. The topological polar surface area (TPSA) is 159 Å². The van der Waals surface area contributed by atoms with E-state index in [1.807, 2.05) is 20.8 Å². The van der Waals surface area contributed by atoms with E-state index in [0.717, 1.165) is 4.68 Å². The van der Waals surface area contributed by atoms with Gasteiger partial charge in [0.25, 0.3) is 0 Å². The molecule has 1 aliphatic rings. The Labute approximate surface area is 211 Å². The molecule has 1 aromatic carbocycles. The number of carbonyl (C=O) groups is 1. The molecule has 0 saturated carbocycles. The molecule has 5 unspecified atom stereocenters. The monoisotopic (exact) mass is 521 g/mol. The van der Waals surface area contributed by atoms with E-state index in [-0.39, 0.29) is 28.7 Å². The first kappa shape index (κ1) is 26.6. The summed E-state index contributed by atoms with van der Waals surface area (Å²) in [5.74, 6) is -1.71. The third-order valence-electron chi connectivity index (χ3n) is 6.31. The molecule has 2 aromatic heterocycles. The molecule has 3 heterocycles. The fourth-order valence-electron chi connectivity index (χ4n) is 4.27. The van der Waals surface area contributed by atoms with Gasteiger partial charge in [0.1, 0.15) is 35.8 Å². The first-order valence-electron chi connectivity index (χ1n) is 11.6. The molecule has 1 fully saturated rings. The van der Waals surface area contributed by atoms with Gasteiger partial charge in [0.15, 0.2) is 17.7 Å². The Morgan fingerprint density at radius 1 is 1.24 bits per heavy atom. The van der Waals surface area contributed by atoms with Crippen LogP contribution in [0.5, 0.6) is 0 Å². The van der Waals surface area contributed by atoms with E-state index in [1.54, 1.807) is 6.07 Å². The number of hydrogen-bond donors (Lipinski definition) is 3. The molecule has 4 N–H and O–H groups in total. The smallest absolute Gasteiger partial charge is 0.404 e. The highest BCUT2D eigenvalue weighted by Gasteiger charge is 2.49. The Bertz CT molecular complexity index is 1270. The number of amides is 1. The third-order valence-corrected chi connectivity index (χ3v) is 6.31. The third kappa shape index (κ3) is 5.33. The summed E-state index contributed by atoms with van der Waals surface area (Å²) in [6, 6.07) is 3.35. The van der Waals surface area contributed by atoms with Crippen molar-refractivity contribution in [2.75, 3.05) is 6.61 Å². The number of hydrogen-bond acceptors (Lipinski definition) is 9. The van der Waals surface area contributed by atoms with Crippen LogP contribution in [0, 0.1) is 18.6 Å². The lowest BCUT2D eigenvalue weighted by atomic mass is 9.89. The van der Waals surface area contributed by atoms with Gasteiger partial charge in [0.2, 0.25) is 0 Å². The minimum atomic E-state index is -1.43. The van der Waals surface area contributed by atoms with Crippen LogP contribution in [0.2, 0.25) is 0 Å². The average Bonchev–Trinajstić information content (AvgIpc) is 3.49. The maximum absolute atomic E-state index is 14.6. The molecule has 1 aliphatic heterocycles. The molecule has 11 nitrogen and oxygen atoms in total. The number of aliphatic hydroxyl groups is 2. The lowest BCUT2D eigenvalue weighted by molar-refractivity contribution is -0.204. The average molecular weight is 522 g/mol. The molecule has 0 aliphatic carbocycles. The SMILES string of the molecule is Cc1ccc(-c2cn(C3C(O)C(CO)OC(Cc4cc(C(C)(C)C)no4)C3OC(N)=O)nn2)c(F)c1F. The summed E-state index contributed by atoms with van der Waals surface area (Å²) in [5, 5.41) is 32.8. The Kier molecular flexibility index (Phi) is 7.31. The predicted molar refractivity (Wildman–Crippen MR) is 124 cm³/mol. The number of aromatic nitrogens is 4. The predicted octanol–water partition coefficient (Wildman–Crippen LogP) is 2.19. The Morgan fingerprint density at radius 2 is 1.97 bits per heavy atom. The molecule has 0 radical (unpaired) electrons. The van der Waals surface area contributed by atoms with Gasteiger partial charge in [0, 0.05) is 23.5 Å². The van der Waals surface area contributed by atoms with Crippen LogP contribution < -0.4 is 5.73 Å². The molecular weight excluding hydrogens is 492 g/mol. The normalized spacial score (nSPS) is 24.3. The number of aliphatic hydroxyl groups excluding tert-OH is 2. The molecule has 4 rings (SSSR count). The number of primary amides is 1. The molecular formula is C24H29F2N5O6. The minimum Gasteiger partial charge on any atom is -0.441 e. The molecule has 13 heteroatoms. The summed E-state index contributed by atoms with van der Waals surface area (Å²) in [6.45, 7) is 6.75. The lowest BCUT2D eigenvalue weighted by Crippen LogP contribution is -2.58. The van der Waals surface area contributed by atoms with Gasteiger partial charge in [-0.25, -0.2) is 18.3 Å². The maximum Gasteiger partial charge on any atom is 0.404 e. The van der Waals surface area contributed by atoms with Crippen LogP contribution in [0.25, 0.3) is 11.3 Å². The van der Waals surface area contributed by atoms with Crippen molar-refractivity contribution in [3.63, 3.8) is 0 Å². The number of carbonyl (C=O) groups excluding carboxylic acids is 1. The number of ether oxygens (including phenoxy) is 2. The highest BCUT2D eigenvalue weighted by Crippen LogP contribution is 2.35. The van der Waals surface area contributed by atoms with E-state index in [2.05, 4.69) is 15.5 Å². The van der Waals surface area contributed by atoms with Crippen LogP contribution >= 0.6 is 0 Å². The van der Waals surface area contributed by atoms with Crippen LogP contribution in [0.15, 0.2) is 28.9 Å². The van der Waals surface area contributed by atoms with Crippen molar-refractivity contribution in [1.82, 2.24) is 20.2 Å². The standard InChI is InChI=1S/C24H29F2N5O6/c1-11-5-6-13(19(26)18(11)25)14-9-31(30-28-14)20-21(33)16(10-32)35-15(22(20)36-23(27)34)7-12-8-17(29-37-12)24(2,3)4/h5-6,8-9,15-16,20-22,32-33H,7,10H2,1-4H3,(H2,27,34). The second kappa shape index (κ2) is 10.1. The number of aryl methyl sites for hydroxylation is 1. The molecule has 37 heavy (non-hydrogen) atoms. The number of halogens is 2. The zero-order valence-corrected chi connectivity index (χ0v) is 20.8. The van der Waals surface area contributed by atoms with Gasteiger partial charge in [-0.1, -0.05) is 37.2 Å². The summed E-state index contributed by atoms with van der Waals surface area (Å²) in [6.07, 6.45) is -4.50. The molecule has 3 aromatic rings. The zero-order valence-electron chi connectivity index (χ0n) is 20.8. The summed E-state index contributed by atoms with van der Waals surface area (Å²) in [4.78, 5) is 11.8. The Balaban J connectivity index is 1.71. The molecule has 200 valence electrons. The van der Waals surface area contributed by atoms with E-state index >= 15 is 0 Å². The number of benzene rings is 1. The number of nitrogens with two attached hydrogens (primary N) is 1. The van der Waals surface area contributed by atoms with E-state index < -0.39 is 54.8 Å². The molecule has 1 saturated heterocycles. The first-order valence-corrected chi connectivity index (χ1v) is 11.6. The molecule has 1 amide bonds. The summed E-state index contributed by atoms with van der Waals surface area (Å²) in [7, 11) is 0. The van der Waals surface area contributed by atoms with Crippen molar-refractivity contribution in [1.29, 1.82) is 0 Å². The lowest BCUT2D eigenvalue weighted by Gasteiger charge is -2.43. The van der Waals surface area contributed by atoms with Crippen molar-refractivity contribution in [3.8, 4) is 11.3 Å². The molecule has 0 bridgehead atoms. The highest BCUT2D eigenvalue weighted by molar-refractivity contribution is 5.65. The largest absolute Gasteiger partial charge is 0.441 e. The maximum atomic E-state index is 14.6. The minimum absolute atomic E-state index is 0.0185. The van der Waals surface area contributed by atoms with Crippen molar-refractivity contribution in [3.05, 3.63) is 53.0 Å². The van der Waals surface area contributed by atoms with Crippen LogP contribution in [0.3, 0.4) is 0 Å². The van der Waals surface area contributed by atoms with Crippen molar-refractivity contribution in [2.24, 2.45) is 5.73 Å². The quantitative estimate of drug-likeness (QED) is 0.442.